The van der Waals surface area contributed by atoms with Crippen molar-refractivity contribution in [3.05, 3.63) is 54.2 Å². The van der Waals surface area contributed by atoms with Gasteiger partial charge in [-0.1, -0.05) is 17.3 Å². The molecule has 1 aromatic carbocycles. The van der Waals surface area contributed by atoms with E-state index in [1.54, 1.807) is 18.3 Å². The average molecular weight is 294 g/mol. The molecule has 4 aromatic rings. The molecule has 3 aromatic heterocycles. The van der Waals surface area contributed by atoms with Crippen LogP contribution in [0.25, 0.3) is 22.1 Å². The fourth-order valence-corrected chi connectivity index (χ4v) is 2.18. The third-order valence-corrected chi connectivity index (χ3v) is 3.20. The molecule has 0 aliphatic carbocycles. The second-order valence-electron chi connectivity index (χ2n) is 4.64. The molecule has 4 rings (SSSR count). The van der Waals surface area contributed by atoms with Crippen LogP contribution in [0.3, 0.4) is 0 Å². The monoisotopic (exact) mass is 294 g/mol. The van der Waals surface area contributed by atoms with Crippen molar-refractivity contribution in [1.29, 1.82) is 0 Å². The molecule has 0 saturated heterocycles. The molecule has 22 heavy (non-hydrogen) atoms. The maximum atomic E-state index is 12.2. The highest BCUT2D eigenvalue weighted by Gasteiger charge is 2.17. The Morgan fingerprint density at radius 2 is 2.09 bits per heavy atom. The van der Waals surface area contributed by atoms with Crippen LogP contribution in [0.5, 0.6) is 0 Å². The van der Waals surface area contributed by atoms with Gasteiger partial charge >= 0.3 is 0 Å². The van der Waals surface area contributed by atoms with E-state index >= 15 is 0 Å². The number of fused-ring (bicyclic) bond motifs is 2. The molecule has 7 heteroatoms. The molecule has 0 unspecified atom stereocenters. The molecule has 0 aliphatic rings. The van der Waals surface area contributed by atoms with Crippen LogP contribution in [0.1, 0.15) is 16.4 Å². The molecule has 3 heterocycles. The number of amides is 1. The smallest absolute Gasteiger partial charge is 0.291 e. The van der Waals surface area contributed by atoms with Crippen molar-refractivity contribution in [2.24, 2.45) is 0 Å². The van der Waals surface area contributed by atoms with Gasteiger partial charge in [0, 0.05) is 6.20 Å². The molecule has 0 fully saturated rings. The summed E-state index contributed by atoms with van der Waals surface area (Å²) in [7, 11) is 0. The molecule has 0 radical (unpaired) electrons. The Hall–Kier alpha value is -3.22. The van der Waals surface area contributed by atoms with Crippen molar-refractivity contribution in [1.82, 2.24) is 20.4 Å². The summed E-state index contributed by atoms with van der Waals surface area (Å²) in [5, 5.41) is 7.01. The van der Waals surface area contributed by atoms with E-state index in [0.29, 0.717) is 22.5 Å². The molecular weight excluding hydrogens is 284 g/mol. The van der Waals surface area contributed by atoms with Crippen LogP contribution in [0.4, 0.5) is 0 Å². The highest BCUT2D eigenvalue weighted by molar-refractivity contribution is 6.02. The third-order valence-electron chi connectivity index (χ3n) is 3.20. The minimum atomic E-state index is -0.391. The quantitative estimate of drug-likeness (QED) is 0.623. The lowest BCUT2D eigenvalue weighted by atomic mass is 10.2. The van der Waals surface area contributed by atoms with Crippen LogP contribution in [0.15, 0.2) is 51.5 Å². The number of nitrogens with one attached hydrogen (secondary N) is 1. The van der Waals surface area contributed by atoms with Crippen LogP contribution in [0.2, 0.25) is 0 Å². The van der Waals surface area contributed by atoms with Gasteiger partial charge in [-0.3, -0.25) is 4.79 Å². The maximum Gasteiger partial charge on any atom is 0.291 e. The number of hydrogen-bond acceptors (Lipinski definition) is 6. The first kappa shape index (κ1) is 12.5. The van der Waals surface area contributed by atoms with Crippen molar-refractivity contribution >= 4 is 28.0 Å². The zero-order chi connectivity index (χ0) is 14.9. The van der Waals surface area contributed by atoms with Crippen LogP contribution in [-0.2, 0) is 6.54 Å². The second kappa shape index (κ2) is 4.96. The van der Waals surface area contributed by atoms with Gasteiger partial charge in [-0.05, 0) is 24.3 Å². The molecule has 0 aliphatic heterocycles. The largest absolute Gasteiger partial charge is 0.439 e. The molecular formula is C15H10N4O3. The minimum Gasteiger partial charge on any atom is -0.439 e. The number of pyridine rings is 1. The number of benzene rings is 1. The van der Waals surface area contributed by atoms with Gasteiger partial charge < -0.3 is 14.3 Å². The number of rotatable bonds is 3. The Kier molecular flexibility index (Phi) is 2.82. The van der Waals surface area contributed by atoms with Crippen molar-refractivity contribution in [2.75, 3.05) is 0 Å². The van der Waals surface area contributed by atoms with Crippen LogP contribution in [0, 0.1) is 0 Å². The van der Waals surface area contributed by atoms with Gasteiger partial charge in [0.2, 0.25) is 17.3 Å². The lowest BCUT2D eigenvalue weighted by Gasteiger charge is -1.98. The topological polar surface area (TPSA) is 94.1 Å². The fourth-order valence-electron chi connectivity index (χ4n) is 2.18. The Balaban J connectivity index is 1.54. The summed E-state index contributed by atoms with van der Waals surface area (Å²) in [6.45, 7) is 0.163. The predicted octanol–water partition coefficient (Wildman–Crippen LogP) is 2.29. The summed E-state index contributed by atoms with van der Waals surface area (Å²) in [6.07, 6.45) is 1.59. The highest BCUT2D eigenvalue weighted by Crippen LogP contribution is 2.17. The first-order valence-corrected chi connectivity index (χ1v) is 6.64. The number of hydrogen-bond donors (Lipinski definition) is 1. The number of carbonyl (C=O) groups is 1. The Labute approximate surface area is 123 Å². The first-order chi connectivity index (χ1) is 10.8. The van der Waals surface area contributed by atoms with Gasteiger partial charge in [-0.25, -0.2) is 9.97 Å². The van der Waals surface area contributed by atoms with Crippen molar-refractivity contribution < 1.29 is 13.7 Å². The Morgan fingerprint density at radius 3 is 3.00 bits per heavy atom. The molecule has 0 spiro atoms. The third kappa shape index (κ3) is 2.08. The Bertz CT molecular complexity index is 940. The summed E-state index contributed by atoms with van der Waals surface area (Å²) in [4.78, 5) is 20.5. The number of oxazole rings is 1. The van der Waals surface area contributed by atoms with E-state index in [9.17, 15) is 4.79 Å². The van der Waals surface area contributed by atoms with Crippen LogP contribution in [-0.4, -0.2) is 21.0 Å². The summed E-state index contributed by atoms with van der Waals surface area (Å²) < 4.78 is 10.6. The standard InChI is InChI=1S/C15H10N4O3/c20-15(13-9-4-3-7-16-14(9)19-22-13)17-8-12-18-10-5-1-2-6-11(10)21-12/h1-7H,8H2,(H,17,20). The fraction of sp³-hybridized carbons (Fsp3) is 0.0667. The van der Waals surface area contributed by atoms with Gasteiger partial charge in [-0.2, -0.15) is 0 Å². The Morgan fingerprint density at radius 1 is 1.18 bits per heavy atom. The van der Waals surface area contributed by atoms with Crippen LogP contribution >= 0.6 is 0 Å². The highest BCUT2D eigenvalue weighted by atomic mass is 16.5. The summed E-state index contributed by atoms with van der Waals surface area (Å²) >= 11 is 0. The predicted molar refractivity (Wildman–Crippen MR) is 77.0 cm³/mol. The van der Waals surface area contributed by atoms with Gasteiger partial charge in [-0.15, -0.1) is 0 Å². The number of carbonyl (C=O) groups excluding carboxylic acids is 1. The zero-order valence-electron chi connectivity index (χ0n) is 11.3. The molecule has 1 N–H and O–H groups in total. The van der Waals surface area contributed by atoms with Crippen molar-refractivity contribution in [3.8, 4) is 0 Å². The van der Waals surface area contributed by atoms with Gasteiger partial charge in [0.15, 0.2) is 5.58 Å². The van der Waals surface area contributed by atoms with E-state index in [-0.39, 0.29) is 12.3 Å². The van der Waals surface area contributed by atoms with Crippen LogP contribution < -0.4 is 5.32 Å². The van der Waals surface area contributed by atoms with E-state index in [2.05, 4.69) is 20.4 Å². The molecule has 108 valence electrons. The molecule has 1 amide bonds. The number of nitrogens with zero attached hydrogens (tertiary/aromatic N) is 3. The molecule has 0 saturated carbocycles. The summed E-state index contributed by atoms with van der Waals surface area (Å²) in [5.41, 5.74) is 1.83. The molecule has 7 nitrogen and oxygen atoms in total. The molecule has 0 bridgehead atoms. The normalized spacial score (nSPS) is 11.1. The van der Waals surface area contributed by atoms with Gasteiger partial charge in [0.05, 0.1) is 11.9 Å². The van der Waals surface area contributed by atoms with E-state index in [4.69, 9.17) is 8.94 Å². The van der Waals surface area contributed by atoms with Crippen molar-refractivity contribution in [3.63, 3.8) is 0 Å². The first-order valence-electron chi connectivity index (χ1n) is 6.64. The van der Waals surface area contributed by atoms with E-state index in [1.807, 2.05) is 24.3 Å². The lowest BCUT2D eigenvalue weighted by molar-refractivity contribution is 0.0913. The average Bonchev–Trinajstić information content (AvgIpc) is 3.16. The van der Waals surface area contributed by atoms with E-state index in [1.165, 1.54) is 0 Å². The molecule has 0 atom stereocenters. The number of para-hydroxylation sites is 2. The van der Waals surface area contributed by atoms with Gasteiger partial charge in [0.25, 0.3) is 5.91 Å². The maximum absolute atomic E-state index is 12.2. The zero-order valence-corrected chi connectivity index (χ0v) is 11.3. The van der Waals surface area contributed by atoms with E-state index in [0.717, 1.165) is 5.52 Å². The lowest BCUT2D eigenvalue weighted by Crippen LogP contribution is -2.22. The SMILES string of the molecule is O=C(NCc1nc2ccccc2o1)c1onc2ncccc12. The summed E-state index contributed by atoms with van der Waals surface area (Å²) in [6, 6.07) is 10.9. The van der Waals surface area contributed by atoms with Crippen molar-refractivity contribution in [2.45, 2.75) is 6.54 Å². The number of aromatic nitrogens is 3. The van der Waals surface area contributed by atoms with E-state index < -0.39 is 5.91 Å². The second-order valence-corrected chi connectivity index (χ2v) is 4.64. The minimum absolute atomic E-state index is 0.124. The van der Waals surface area contributed by atoms with Gasteiger partial charge in [0.1, 0.15) is 5.52 Å². The summed E-state index contributed by atoms with van der Waals surface area (Å²) in [5.74, 6) is 0.161.